The molecule has 0 aliphatic carbocycles. The molecule has 26 heavy (non-hydrogen) atoms. The molecule has 4 nitrogen and oxygen atoms in total. The third-order valence-corrected chi connectivity index (χ3v) is 6.49. The number of thioether (sulfide) groups is 1. The zero-order valence-electron chi connectivity index (χ0n) is 14.8. The number of anilines is 1. The Kier molecular flexibility index (Phi) is 4.32. The van der Waals surface area contributed by atoms with Gasteiger partial charge in [-0.3, -0.25) is 4.79 Å². The van der Waals surface area contributed by atoms with Crippen LogP contribution >= 0.6 is 11.8 Å². The SMILES string of the molecule is CC1=C(C)C2C(=O)N(c3ccccc3)C(=O)N(Cc3ccccc3)C2S1. The van der Waals surface area contributed by atoms with E-state index in [1.165, 1.54) is 4.90 Å². The lowest BCUT2D eigenvalue weighted by Crippen LogP contribution is -2.59. The topological polar surface area (TPSA) is 40.6 Å². The highest BCUT2D eigenvalue weighted by Crippen LogP contribution is 2.47. The standard InChI is InChI=1S/C21H20N2O2S/c1-14-15(2)26-20-18(14)19(24)23(17-11-7-4-8-12-17)21(25)22(20)13-16-9-5-3-6-10-16/h3-12,18,20H,13H2,1-2H3. The summed E-state index contributed by atoms with van der Waals surface area (Å²) in [6.07, 6.45) is 0. The summed E-state index contributed by atoms with van der Waals surface area (Å²) in [6.45, 7) is 4.53. The number of carbonyl (C=O) groups excluding carboxylic acids is 2. The first-order chi connectivity index (χ1) is 12.6. The molecule has 1 fully saturated rings. The fourth-order valence-electron chi connectivity index (χ4n) is 3.55. The molecule has 0 N–H and O–H groups in total. The molecule has 0 bridgehead atoms. The van der Waals surface area contributed by atoms with E-state index in [0.29, 0.717) is 12.2 Å². The van der Waals surface area contributed by atoms with Crippen molar-refractivity contribution in [3.8, 4) is 0 Å². The third kappa shape index (κ3) is 2.72. The van der Waals surface area contributed by atoms with Crippen molar-refractivity contribution in [1.29, 1.82) is 0 Å². The van der Waals surface area contributed by atoms with E-state index in [1.54, 1.807) is 11.8 Å². The van der Waals surface area contributed by atoms with Gasteiger partial charge >= 0.3 is 6.03 Å². The number of benzene rings is 2. The summed E-state index contributed by atoms with van der Waals surface area (Å²) in [5, 5.41) is -0.171. The highest BCUT2D eigenvalue weighted by atomic mass is 32.2. The van der Waals surface area contributed by atoms with Gasteiger partial charge in [0.2, 0.25) is 5.91 Å². The predicted octanol–water partition coefficient (Wildman–Crippen LogP) is 4.64. The summed E-state index contributed by atoms with van der Waals surface area (Å²) in [5.41, 5.74) is 2.75. The lowest BCUT2D eigenvalue weighted by atomic mass is 9.95. The Balaban J connectivity index is 1.75. The van der Waals surface area contributed by atoms with E-state index in [-0.39, 0.29) is 23.2 Å². The van der Waals surface area contributed by atoms with Crippen LogP contribution in [0.3, 0.4) is 0 Å². The molecule has 0 spiro atoms. The molecule has 2 aromatic rings. The molecule has 2 aromatic carbocycles. The van der Waals surface area contributed by atoms with Gasteiger partial charge in [-0.05, 0) is 42.0 Å². The number of nitrogens with zero attached hydrogens (tertiary/aromatic N) is 2. The lowest BCUT2D eigenvalue weighted by Gasteiger charge is -2.42. The van der Waals surface area contributed by atoms with E-state index in [4.69, 9.17) is 0 Å². The maximum atomic E-state index is 13.3. The number of amides is 3. The van der Waals surface area contributed by atoms with Gasteiger partial charge in [0.05, 0.1) is 17.0 Å². The molecular formula is C21H20N2O2S. The number of rotatable bonds is 3. The molecule has 4 rings (SSSR count). The molecular weight excluding hydrogens is 344 g/mol. The average Bonchev–Trinajstić information content (AvgIpc) is 2.96. The zero-order valence-corrected chi connectivity index (χ0v) is 15.6. The zero-order chi connectivity index (χ0) is 18.3. The predicted molar refractivity (Wildman–Crippen MR) is 105 cm³/mol. The van der Waals surface area contributed by atoms with Crippen LogP contribution in [0.5, 0.6) is 0 Å². The molecule has 3 amide bonds. The molecule has 0 saturated carbocycles. The minimum absolute atomic E-state index is 0.127. The molecule has 0 radical (unpaired) electrons. The van der Waals surface area contributed by atoms with E-state index in [2.05, 4.69) is 0 Å². The van der Waals surface area contributed by atoms with Gasteiger partial charge in [-0.25, -0.2) is 9.69 Å². The van der Waals surface area contributed by atoms with Crippen LogP contribution in [-0.2, 0) is 11.3 Å². The van der Waals surface area contributed by atoms with Crippen LogP contribution in [0.25, 0.3) is 0 Å². The number of hydrogen-bond acceptors (Lipinski definition) is 3. The van der Waals surface area contributed by atoms with Gasteiger partial charge < -0.3 is 4.90 Å². The first-order valence-corrected chi connectivity index (χ1v) is 9.53. The van der Waals surface area contributed by atoms with Crippen molar-refractivity contribution in [3.63, 3.8) is 0 Å². The maximum absolute atomic E-state index is 13.3. The quantitative estimate of drug-likeness (QED) is 0.797. The third-order valence-electron chi connectivity index (χ3n) is 5.05. The van der Waals surface area contributed by atoms with Crippen LogP contribution in [-0.4, -0.2) is 22.2 Å². The van der Waals surface area contributed by atoms with Crippen molar-refractivity contribution in [2.75, 3.05) is 4.90 Å². The Morgan fingerprint density at radius 1 is 0.923 bits per heavy atom. The molecule has 2 aliphatic heterocycles. The molecule has 5 heteroatoms. The van der Waals surface area contributed by atoms with Gasteiger partial charge in [-0.15, -0.1) is 11.8 Å². The summed E-state index contributed by atoms with van der Waals surface area (Å²) in [7, 11) is 0. The minimum atomic E-state index is -0.290. The molecule has 2 unspecified atom stereocenters. The van der Waals surface area contributed by atoms with Gasteiger partial charge in [0.1, 0.15) is 0 Å². The van der Waals surface area contributed by atoms with E-state index < -0.39 is 0 Å². The van der Waals surface area contributed by atoms with Crippen LogP contribution < -0.4 is 4.90 Å². The second-order valence-corrected chi connectivity index (χ2v) is 7.96. The second kappa shape index (κ2) is 6.65. The van der Waals surface area contributed by atoms with Crippen LogP contribution in [0.2, 0.25) is 0 Å². The monoisotopic (exact) mass is 364 g/mol. The largest absolute Gasteiger partial charge is 0.332 e. The van der Waals surface area contributed by atoms with Gasteiger partial charge in [0.15, 0.2) is 0 Å². The van der Waals surface area contributed by atoms with Crippen LogP contribution in [0.1, 0.15) is 19.4 Å². The molecule has 2 heterocycles. The van der Waals surface area contributed by atoms with Gasteiger partial charge in [0, 0.05) is 6.54 Å². The first kappa shape index (κ1) is 16.9. The highest BCUT2D eigenvalue weighted by molar-refractivity contribution is 8.03. The number of para-hydroxylation sites is 1. The van der Waals surface area contributed by atoms with E-state index in [9.17, 15) is 9.59 Å². The molecule has 0 aromatic heterocycles. The van der Waals surface area contributed by atoms with Crippen LogP contribution in [0, 0.1) is 5.92 Å². The normalized spacial score (nSPS) is 22.8. The lowest BCUT2D eigenvalue weighted by molar-refractivity contribution is -0.122. The molecule has 2 aliphatic rings. The van der Waals surface area contributed by atoms with Crippen molar-refractivity contribution >= 4 is 29.4 Å². The van der Waals surface area contributed by atoms with Crippen LogP contribution in [0.15, 0.2) is 71.1 Å². The van der Waals surface area contributed by atoms with Gasteiger partial charge in [-0.1, -0.05) is 48.5 Å². The summed E-state index contributed by atoms with van der Waals surface area (Å²) >= 11 is 1.63. The Morgan fingerprint density at radius 3 is 2.19 bits per heavy atom. The van der Waals surface area contributed by atoms with Crippen molar-refractivity contribution in [2.45, 2.75) is 25.8 Å². The summed E-state index contributed by atoms with van der Waals surface area (Å²) in [5.74, 6) is -0.418. The number of imide groups is 1. The number of urea groups is 1. The van der Waals surface area contributed by atoms with Crippen molar-refractivity contribution in [2.24, 2.45) is 5.92 Å². The van der Waals surface area contributed by atoms with E-state index in [1.807, 2.05) is 79.4 Å². The van der Waals surface area contributed by atoms with Crippen molar-refractivity contribution < 1.29 is 9.59 Å². The Morgan fingerprint density at radius 2 is 1.54 bits per heavy atom. The average molecular weight is 364 g/mol. The number of hydrogen-bond donors (Lipinski definition) is 0. The Bertz CT molecular complexity index is 879. The van der Waals surface area contributed by atoms with E-state index >= 15 is 0 Å². The van der Waals surface area contributed by atoms with Gasteiger partial charge in [0.25, 0.3) is 0 Å². The number of fused-ring (bicyclic) bond motifs is 1. The molecule has 132 valence electrons. The molecule has 2 atom stereocenters. The summed E-state index contributed by atoms with van der Waals surface area (Å²) in [4.78, 5) is 30.8. The van der Waals surface area contributed by atoms with Gasteiger partial charge in [-0.2, -0.15) is 0 Å². The van der Waals surface area contributed by atoms with E-state index in [0.717, 1.165) is 16.0 Å². The smallest absolute Gasteiger partial charge is 0.306 e. The maximum Gasteiger partial charge on any atom is 0.332 e. The molecule has 1 saturated heterocycles. The Labute approximate surface area is 157 Å². The summed E-state index contributed by atoms with van der Waals surface area (Å²) < 4.78 is 0. The van der Waals surface area contributed by atoms with Crippen molar-refractivity contribution in [1.82, 2.24) is 4.90 Å². The summed E-state index contributed by atoms with van der Waals surface area (Å²) in [6, 6.07) is 18.9. The second-order valence-electron chi connectivity index (χ2n) is 6.63. The fourth-order valence-corrected chi connectivity index (χ4v) is 4.97. The number of allylic oxidation sites excluding steroid dienone is 1. The minimum Gasteiger partial charge on any atom is -0.306 e. The first-order valence-electron chi connectivity index (χ1n) is 8.65. The fraction of sp³-hybridized carbons (Fsp3) is 0.238. The van der Waals surface area contributed by atoms with Crippen molar-refractivity contribution in [3.05, 3.63) is 76.7 Å². The highest BCUT2D eigenvalue weighted by Gasteiger charge is 2.51. The van der Waals surface area contributed by atoms with Crippen LogP contribution in [0.4, 0.5) is 10.5 Å². The number of carbonyl (C=O) groups is 2. The Hall–Kier alpha value is -2.53.